The highest BCUT2D eigenvalue weighted by molar-refractivity contribution is 4.82. The second kappa shape index (κ2) is 6.99. The van der Waals surface area contributed by atoms with E-state index in [1.54, 1.807) is 0 Å². The summed E-state index contributed by atoms with van der Waals surface area (Å²) in [5.41, 5.74) is 27.5. The first kappa shape index (κ1) is 15.0. The molecule has 0 saturated heterocycles. The molecule has 0 heterocycles. The van der Waals surface area contributed by atoms with Crippen molar-refractivity contribution in [1.82, 2.24) is 0 Å². The largest absolute Gasteiger partial charge is 0.330 e. The SMILES string of the molecule is C=C(C)C.NCCC(N)C(N)(N)N. The topological polar surface area (TPSA) is 130 Å². The fourth-order valence-electron chi connectivity index (χ4n) is 0.430. The average molecular weight is 189 g/mol. The van der Waals surface area contributed by atoms with Gasteiger partial charge in [0.2, 0.25) is 0 Å². The quantitative estimate of drug-likeness (QED) is 0.280. The summed E-state index contributed by atoms with van der Waals surface area (Å²) in [6.45, 7) is 7.95. The van der Waals surface area contributed by atoms with Crippen LogP contribution in [0.1, 0.15) is 20.3 Å². The third kappa shape index (κ3) is 14.4. The summed E-state index contributed by atoms with van der Waals surface area (Å²) in [5, 5.41) is 0. The van der Waals surface area contributed by atoms with Crippen LogP contribution < -0.4 is 28.7 Å². The molecule has 1 atom stereocenters. The zero-order valence-corrected chi connectivity index (χ0v) is 8.59. The summed E-state index contributed by atoms with van der Waals surface area (Å²) >= 11 is 0. The van der Waals surface area contributed by atoms with Gasteiger partial charge in [-0.05, 0) is 26.8 Å². The zero-order chi connectivity index (χ0) is 11.1. The van der Waals surface area contributed by atoms with E-state index in [4.69, 9.17) is 28.7 Å². The highest BCUT2D eigenvalue weighted by Crippen LogP contribution is 1.91. The van der Waals surface area contributed by atoms with Crippen molar-refractivity contribution in [3.8, 4) is 0 Å². The lowest BCUT2D eigenvalue weighted by atomic mass is 10.1. The minimum atomic E-state index is -1.29. The molecule has 0 bridgehead atoms. The van der Waals surface area contributed by atoms with E-state index in [1.807, 2.05) is 13.8 Å². The highest BCUT2D eigenvalue weighted by Gasteiger charge is 2.20. The van der Waals surface area contributed by atoms with Crippen LogP contribution in [-0.4, -0.2) is 18.4 Å². The summed E-state index contributed by atoms with van der Waals surface area (Å²) in [6, 6.07) is -0.428. The third-order valence-corrected chi connectivity index (χ3v) is 1.12. The molecule has 0 aliphatic heterocycles. The fourth-order valence-corrected chi connectivity index (χ4v) is 0.430. The Morgan fingerprint density at radius 2 is 1.62 bits per heavy atom. The Balaban J connectivity index is 0. The molecule has 0 amide bonds. The number of rotatable bonds is 3. The lowest BCUT2D eigenvalue weighted by Crippen LogP contribution is -2.69. The Kier molecular flexibility index (Phi) is 8.09. The van der Waals surface area contributed by atoms with Crippen molar-refractivity contribution in [2.45, 2.75) is 32.1 Å². The molecule has 0 aliphatic rings. The normalized spacial score (nSPS) is 12.8. The molecule has 10 N–H and O–H groups in total. The summed E-state index contributed by atoms with van der Waals surface area (Å²) in [5.74, 6) is -1.29. The van der Waals surface area contributed by atoms with E-state index in [2.05, 4.69) is 6.58 Å². The standard InChI is InChI=1S/C4H15N5.C4H8/c5-2-1-3(6)4(7,8)9;1-4(2)3/h3H,1-2,5-9H2;1H2,2-3H3. The summed E-state index contributed by atoms with van der Waals surface area (Å²) in [7, 11) is 0. The first-order valence-corrected chi connectivity index (χ1v) is 4.16. The predicted octanol–water partition coefficient (Wildman–Crippen LogP) is -1.23. The van der Waals surface area contributed by atoms with Gasteiger partial charge in [0.1, 0.15) is 5.79 Å². The van der Waals surface area contributed by atoms with Gasteiger partial charge in [-0.15, -0.1) is 6.58 Å². The van der Waals surface area contributed by atoms with E-state index in [9.17, 15) is 0 Å². The smallest absolute Gasteiger partial charge is 0.131 e. The third-order valence-electron chi connectivity index (χ3n) is 1.12. The number of allylic oxidation sites excluding steroid dienone is 1. The summed E-state index contributed by atoms with van der Waals surface area (Å²) in [4.78, 5) is 0. The first-order chi connectivity index (χ1) is 5.71. The summed E-state index contributed by atoms with van der Waals surface area (Å²) in [6.07, 6.45) is 0.545. The van der Waals surface area contributed by atoms with Gasteiger partial charge in [0.15, 0.2) is 0 Å². The maximum Gasteiger partial charge on any atom is 0.131 e. The van der Waals surface area contributed by atoms with Crippen LogP contribution in [0.5, 0.6) is 0 Å². The fraction of sp³-hybridized carbons (Fsp3) is 0.750. The monoisotopic (exact) mass is 189 g/mol. The lowest BCUT2D eigenvalue weighted by Gasteiger charge is -2.25. The Morgan fingerprint density at radius 3 is 1.69 bits per heavy atom. The second-order valence-corrected chi connectivity index (χ2v) is 3.39. The molecule has 0 saturated carbocycles. The molecule has 13 heavy (non-hydrogen) atoms. The van der Waals surface area contributed by atoms with Crippen molar-refractivity contribution in [2.24, 2.45) is 28.7 Å². The Labute approximate surface area is 80.3 Å². The molecule has 0 radical (unpaired) electrons. The van der Waals surface area contributed by atoms with Gasteiger partial charge in [0.05, 0.1) is 6.04 Å². The molecular formula is C8H23N5. The van der Waals surface area contributed by atoms with Gasteiger partial charge in [0.25, 0.3) is 0 Å². The van der Waals surface area contributed by atoms with E-state index in [-0.39, 0.29) is 0 Å². The minimum Gasteiger partial charge on any atom is -0.330 e. The van der Waals surface area contributed by atoms with Crippen LogP contribution in [0.2, 0.25) is 0 Å². The van der Waals surface area contributed by atoms with Crippen molar-refractivity contribution >= 4 is 0 Å². The van der Waals surface area contributed by atoms with Gasteiger partial charge >= 0.3 is 0 Å². The van der Waals surface area contributed by atoms with Crippen LogP contribution in [0.3, 0.4) is 0 Å². The molecule has 0 aromatic heterocycles. The molecular weight excluding hydrogens is 166 g/mol. The van der Waals surface area contributed by atoms with Crippen molar-refractivity contribution in [3.63, 3.8) is 0 Å². The lowest BCUT2D eigenvalue weighted by molar-refractivity contribution is 0.353. The molecule has 0 aromatic carbocycles. The van der Waals surface area contributed by atoms with Gasteiger partial charge in [-0.2, -0.15) is 0 Å². The van der Waals surface area contributed by atoms with E-state index < -0.39 is 11.8 Å². The van der Waals surface area contributed by atoms with Crippen LogP contribution in [0.4, 0.5) is 0 Å². The van der Waals surface area contributed by atoms with Crippen molar-refractivity contribution in [2.75, 3.05) is 6.54 Å². The van der Waals surface area contributed by atoms with Crippen LogP contribution in [0.25, 0.3) is 0 Å². The van der Waals surface area contributed by atoms with E-state index in [0.717, 1.165) is 0 Å². The molecule has 0 aromatic rings. The number of hydrogen-bond acceptors (Lipinski definition) is 5. The minimum absolute atomic E-state index is 0.428. The van der Waals surface area contributed by atoms with E-state index in [0.29, 0.717) is 13.0 Å². The van der Waals surface area contributed by atoms with E-state index >= 15 is 0 Å². The Hall–Kier alpha value is -0.460. The molecule has 80 valence electrons. The van der Waals surface area contributed by atoms with Crippen LogP contribution >= 0.6 is 0 Å². The van der Waals surface area contributed by atoms with Crippen molar-refractivity contribution in [3.05, 3.63) is 12.2 Å². The van der Waals surface area contributed by atoms with Gasteiger partial charge < -0.3 is 11.5 Å². The molecule has 0 aliphatic carbocycles. The number of hydrogen-bond donors (Lipinski definition) is 5. The molecule has 5 heteroatoms. The number of nitrogens with two attached hydrogens (primary N) is 5. The Morgan fingerprint density at radius 1 is 1.31 bits per heavy atom. The molecule has 5 nitrogen and oxygen atoms in total. The van der Waals surface area contributed by atoms with Crippen molar-refractivity contribution in [1.29, 1.82) is 0 Å². The average Bonchev–Trinajstić information content (AvgIpc) is 1.84. The van der Waals surface area contributed by atoms with Gasteiger partial charge in [-0.1, -0.05) is 5.57 Å². The van der Waals surface area contributed by atoms with Gasteiger partial charge in [0, 0.05) is 0 Å². The summed E-state index contributed by atoms with van der Waals surface area (Å²) < 4.78 is 0. The van der Waals surface area contributed by atoms with E-state index in [1.165, 1.54) is 5.57 Å². The zero-order valence-electron chi connectivity index (χ0n) is 8.59. The predicted molar refractivity (Wildman–Crippen MR) is 57.4 cm³/mol. The maximum absolute atomic E-state index is 5.41. The van der Waals surface area contributed by atoms with Gasteiger partial charge in [-0.25, -0.2) is 0 Å². The van der Waals surface area contributed by atoms with Gasteiger partial charge in [-0.3, -0.25) is 17.2 Å². The molecule has 1 unspecified atom stereocenters. The molecule has 0 spiro atoms. The maximum atomic E-state index is 5.41. The van der Waals surface area contributed by atoms with Crippen LogP contribution in [0.15, 0.2) is 12.2 Å². The molecule has 0 fully saturated rings. The first-order valence-electron chi connectivity index (χ1n) is 4.16. The molecule has 0 rings (SSSR count). The second-order valence-electron chi connectivity index (χ2n) is 3.39. The van der Waals surface area contributed by atoms with Crippen LogP contribution in [-0.2, 0) is 0 Å². The Bertz CT molecular complexity index is 134. The van der Waals surface area contributed by atoms with Crippen molar-refractivity contribution < 1.29 is 0 Å². The van der Waals surface area contributed by atoms with Crippen LogP contribution in [0, 0.1) is 0 Å². The highest BCUT2D eigenvalue weighted by atomic mass is 15.2.